The first-order valence-electron chi connectivity index (χ1n) is 8.58. The first kappa shape index (κ1) is 22.1. The number of rotatable bonds is 6. The molecule has 1 amide bonds. The number of carbonyl (C=O) groups is 1. The highest BCUT2D eigenvalue weighted by Gasteiger charge is 2.31. The Kier molecular flexibility index (Phi) is 6.16. The minimum absolute atomic E-state index is 0.0352. The number of ether oxygens (including phenoxy) is 1. The van der Waals surface area contributed by atoms with Gasteiger partial charge in [0.05, 0.1) is 10.6 Å². The summed E-state index contributed by atoms with van der Waals surface area (Å²) in [5, 5.41) is 2.43. The summed E-state index contributed by atoms with van der Waals surface area (Å²) in [7, 11) is -4.18. The molecule has 0 bridgehead atoms. The molecule has 0 saturated heterocycles. The van der Waals surface area contributed by atoms with Crippen LogP contribution in [0.5, 0.6) is 5.75 Å². The van der Waals surface area contributed by atoms with Crippen molar-refractivity contribution in [2.24, 2.45) is 0 Å². The molecule has 6 nitrogen and oxygen atoms in total. The van der Waals surface area contributed by atoms with Gasteiger partial charge in [0.2, 0.25) is 0 Å². The fraction of sp³-hybridized carbons (Fsp3) is 0.0500. The van der Waals surface area contributed by atoms with Gasteiger partial charge < -0.3 is 10.1 Å². The summed E-state index contributed by atoms with van der Waals surface area (Å²) >= 11 is 0. The minimum atomic E-state index is -4.84. The second-order valence-corrected chi connectivity index (χ2v) is 7.82. The third-order valence-electron chi connectivity index (χ3n) is 3.87. The van der Waals surface area contributed by atoms with Crippen LogP contribution in [0, 0.1) is 5.82 Å². The molecule has 3 aromatic rings. The second kappa shape index (κ2) is 8.64. The van der Waals surface area contributed by atoms with Crippen LogP contribution < -0.4 is 14.8 Å². The van der Waals surface area contributed by atoms with E-state index in [9.17, 15) is 30.8 Å². The molecule has 0 aromatic heterocycles. The van der Waals surface area contributed by atoms with Gasteiger partial charge in [0, 0.05) is 11.3 Å². The number of hydrogen-bond acceptors (Lipinski definition) is 4. The molecule has 0 unspecified atom stereocenters. The zero-order chi connectivity index (χ0) is 22.6. The normalized spacial score (nSPS) is 11.6. The molecule has 0 aliphatic heterocycles. The average molecular weight is 454 g/mol. The van der Waals surface area contributed by atoms with Crippen LogP contribution in [0.1, 0.15) is 10.4 Å². The Balaban J connectivity index is 1.75. The van der Waals surface area contributed by atoms with Crippen LogP contribution in [-0.4, -0.2) is 20.7 Å². The Morgan fingerprint density at radius 2 is 1.58 bits per heavy atom. The standard InChI is InChI=1S/C20H14F4N2O4S/c21-17-6-1-2-7-18(17)26-31(28,29)16-5-3-4-13(12-16)19(27)25-14-8-10-15(11-9-14)30-20(22,23)24/h1-12,26H,(H,25,27). The number of sulfonamides is 1. The van der Waals surface area contributed by atoms with Crippen molar-refractivity contribution in [3.8, 4) is 5.75 Å². The molecule has 0 heterocycles. The van der Waals surface area contributed by atoms with Crippen molar-refractivity contribution in [2.45, 2.75) is 11.3 Å². The predicted molar refractivity (Wildman–Crippen MR) is 105 cm³/mol. The molecule has 11 heteroatoms. The van der Waals surface area contributed by atoms with E-state index >= 15 is 0 Å². The molecule has 0 aliphatic rings. The predicted octanol–water partition coefficient (Wildman–Crippen LogP) is 4.78. The largest absolute Gasteiger partial charge is 0.573 e. The van der Waals surface area contributed by atoms with Crippen molar-refractivity contribution >= 4 is 27.3 Å². The summed E-state index contributed by atoms with van der Waals surface area (Å²) in [4.78, 5) is 12.1. The van der Waals surface area contributed by atoms with Gasteiger partial charge in [-0.25, -0.2) is 12.8 Å². The second-order valence-electron chi connectivity index (χ2n) is 6.14. The van der Waals surface area contributed by atoms with Crippen molar-refractivity contribution in [1.82, 2.24) is 0 Å². The first-order chi connectivity index (χ1) is 14.5. The Bertz CT molecular complexity index is 1200. The molecule has 0 radical (unpaired) electrons. The fourth-order valence-corrected chi connectivity index (χ4v) is 3.61. The van der Waals surface area contributed by atoms with Gasteiger partial charge in [-0.05, 0) is 54.6 Å². The summed E-state index contributed by atoms with van der Waals surface area (Å²) in [6.07, 6.45) is -4.84. The van der Waals surface area contributed by atoms with Gasteiger partial charge in [-0.2, -0.15) is 0 Å². The summed E-state index contributed by atoms with van der Waals surface area (Å²) in [5.74, 6) is -1.93. The van der Waals surface area contributed by atoms with E-state index < -0.39 is 33.9 Å². The molecular weight excluding hydrogens is 440 g/mol. The summed E-state index contributed by atoms with van der Waals surface area (Å²) < 4.78 is 81.2. The van der Waals surface area contributed by atoms with Crippen molar-refractivity contribution in [1.29, 1.82) is 0 Å². The van der Waals surface area contributed by atoms with Gasteiger partial charge in [-0.1, -0.05) is 18.2 Å². The number of para-hydroxylation sites is 1. The molecule has 0 atom stereocenters. The van der Waals surface area contributed by atoms with Crippen molar-refractivity contribution < 1.29 is 35.5 Å². The number of halogens is 4. The number of carbonyl (C=O) groups excluding carboxylic acids is 1. The highest BCUT2D eigenvalue weighted by molar-refractivity contribution is 7.92. The number of anilines is 2. The monoisotopic (exact) mass is 454 g/mol. The third-order valence-corrected chi connectivity index (χ3v) is 5.23. The van der Waals surface area contributed by atoms with E-state index in [1.54, 1.807) is 0 Å². The number of benzene rings is 3. The van der Waals surface area contributed by atoms with Crippen LogP contribution >= 0.6 is 0 Å². The van der Waals surface area contributed by atoms with Gasteiger partial charge in [-0.3, -0.25) is 9.52 Å². The van der Waals surface area contributed by atoms with Crippen LogP contribution in [0.4, 0.5) is 28.9 Å². The lowest BCUT2D eigenvalue weighted by molar-refractivity contribution is -0.274. The van der Waals surface area contributed by atoms with E-state index in [0.717, 1.165) is 24.3 Å². The van der Waals surface area contributed by atoms with Crippen LogP contribution in [0.15, 0.2) is 77.7 Å². The van der Waals surface area contributed by atoms with E-state index in [2.05, 4.69) is 14.8 Å². The third kappa shape index (κ3) is 5.95. The van der Waals surface area contributed by atoms with Crippen LogP contribution in [-0.2, 0) is 10.0 Å². The van der Waals surface area contributed by atoms with E-state index in [4.69, 9.17) is 0 Å². The van der Waals surface area contributed by atoms with Crippen LogP contribution in [0.2, 0.25) is 0 Å². The average Bonchev–Trinajstić information content (AvgIpc) is 2.70. The van der Waals surface area contributed by atoms with Gasteiger partial charge >= 0.3 is 6.36 Å². The van der Waals surface area contributed by atoms with E-state index in [1.807, 2.05) is 0 Å². The Morgan fingerprint density at radius 3 is 2.23 bits per heavy atom. The zero-order valence-corrected chi connectivity index (χ0v) is 16.3. The van der Waals surface area contributed by atoms with Gasteiger partial charge in [-0.15, -0.1) is 13.2 Å². The number of alkyl halides is 3. The number of amides is 1. The molecule has 0 spiro atoms. The molecule has 0 aliphatic carbocycles. The van der Waals surface area contributed by atoms with E-state index in [1.165, 1.54) is 48.5 Å². The van der Waals surface area contributed by atoms with E-state index in [-0.39, 0.29) is 21.8 Å². The smallest absolute Gasteiger partial charge is 0.406 e. The number of nitrogens with one attached hydrogen (secondary N) is 2. The molecular formula is C20H14F4N2O4S. The maximum absolute atomic E-state index is 13.7. The maximum atomic E-state index is 13.7. The lowest BCUT2D eigenvalue weighted by Gasteiger charge is -2.11. The van der Waals surface area contributed by atoms with Gasteiger partial charge in [0.1, 0.15) is 11.6 Å². The number of hydrogen-bond donors (Lipinski definition) is 2. The summed E-state index contributed by atoms with van der Waals surface area (Å²) in [6.45, 7) is 0. The Hall–Kier alpha value is -3.60. The fourth-order valence-electron chi connectivity index (χ4n) is 2.50. The SMILES string of the molecule is O=C(Nc1ccc(OC(F)(F)F)cc1)c1cccc(S(=O)(=O)Nc2ccccc2F)c1. The lowest BCUT2D eigenvalue weighted by atomic mass is 10.2. The maximum Gasteiger partial charge on any atom is 0.573 e. The highest BCUT2D eigenvalue weighted by atomic mass is 32.2. The summed E-state index contributed by atoms with van der Waals surface area (Å²) in [6, 6.07) is 14.6. The first-order valence-corrected chi connectivity index (χ1v) is 10.1. The molecule has 0 fully saturated rings. The van der Waals surface area contributed by atoms with Gasteiger partial charge in [0.25, 0.3) is 15.9 Å². The van der Waals surface area contributed by atoms with Crippen molar-refractivity contribution in [2.75, 3.05) is 10.0 Å². The Morgan fingerprint density at radius 1 is 0.903 bits per heavy atom. The minimum Gasteiger partial charge on any atom is -0.406 e. The molecule has 3 aromatic carbocycles. The summed E-state index contributed by atoms with van der Waals surface area (Å²) in [5.41, 5.74) is -0.122. The quantitative estimate of drug-likeness (QED) is 0.525. The van der Waals surface area contributed by atoms with E-state index in [0.29, 0.717) is 0 Å². The Labute approximate surface area is 174 Å². The van der Waals surface area contributed by atoms with Crippen molar-refractivity contribution in [3.05, 3.63) is 84.2 Å². The molecule has 2 N–H and O–H groups in total. The van der Waals surface area contributed by atoms with Crippen LogP contribution in [0.3, 0.4) is 0 Å². The molecule has 162 valence electrons. The molecule has 0 saturated carbocycles. The van der Waals surface area contributed by atoms with Crippen molar-refractivity contribution in [3.63, 3.8) is 0 Å². The topological polar surface area (TPSA) is 84.5 Å². The van der Waals surface area contributed by atoms with Crippen LogP contribution in [0.25, 0.3) is 0 Å². The molecule has 3 rings (SSSR count). The lowest BCUT2D eigenvalue weighted by Crippen LogP contribution is -2.17. The molecule has 31 heavy (non-hydrogen) atoms. The zero-order valence-electron chi connectivity index (χ0n) is 15.5. The highest BCUT2D eigenvalue weighted by Crippen LogP contribution is 2.24. The van der Waals surface area contributed by atoms with Gasteiger partial charge in [0.15, 0.2) is 0 Å².